The Morgan fingerprint density at radius 2 is 1.67 bits per heavy atom. The van der Waals surface area contributed by atoms with Crippen molar-refractivity contribution in [3.63, 3.8) is 0 Å². The number of amides is 2. The lowest BCUT2D eigenvalue weighted by molar-refractivity contribution is -0.0449. The fourth-order valence-corrected chi connectivity index (χ4v) is 6.71. The summed E-state index contributed by atoms with van der Waals surface area (Å²) in [4.78, 5) is 32.3. The molecule has 2 atom stereocenters. The number of aromatic nitrogens is 1. The number of rotatable bonds is 5. The van der Waals surface area contributed by atoms with Crippen molar-refractivity contribution in [1.82, 2.24) is 15.6 Å². The van der Waals surface area contributed by atoms with Crippen LogP contribution >= 0.6 is 0 Å². The van der Waals surface area contributed by atoms with Gasteiger partial charge in [-0.2, -0.15) is 0 Å². The van der Waals surface area contributed by atoms with Gasteiger partial charge in [0.25, 0.3) is 5.91 Å². The SMILES string of the molecule is Cc1cccc(OC(=O)NC23CC4CC(C2)CC(NC(=O)c2cccc(N(C)C)c2)(C4)C3)n1. The first-order valence-corrected chi connectivity index (χ1v) is 11.8. The van der Waals surface area contributed by atoms with Gasteiger partial charge in [-0.15, -0.1) is 0 Å². The molecule has 1 aromatic heterocycles. The van der Waals surface area contributed by atoms with E-state index in [-0.39, 0.29) is 17.0 Å². The first kappa shape index (κ1) is 21.7. The van der Waals surface area contributed by atoms with Crippen molar-refractivity contribution in [3.05, 3.63) is 53.7 Å². The largest absolute Gasteiger partial charge is 0.414 e. The van der Waals surface area contributed by atoms with Gasteiger partial charge in [0, 0.05) is 48.2 Å². The number of ether oxygens (including phenoxy) is 1. The van der Waals surface area contributed by atoms with Gasteiger partial charge in [0.2, 0.25) is 5.88 Å². The van der Waals surface area contributed by atoms with E-state index in [0.717, 1.165) is 43.5 Å². The molecule has 1 aromatic carbocycles. The molecular weight excluding hydrogens is 416 g/mol. The molecular formula is C26H32N4O3. The number of hydrogen-bond acceptors (Lipinski definition) is 5. The molecule has 2 unspecified atom stereocenters. The highest BCUT2D eigenvalue weighted by Gasteiger charge is 2.59. The number of hydrogen-bond donors (Lipinski definition) is 2. The molecule has 1 heterocycles. The normalized spacial score (nSPS) is 29.4. The molecule has 0 spiro atoms. The predicted molar refractivity (Wildman–Crippen MR) is 127 cm³/mol. The van der Waals surface area contributed by atoms with Gasteiger partial charge in [-0.25, -0.2) is 9.78 Å². The van der Waals surface area contributed by atoms with Gasteiger partial charge >= 0.3 is 6.09 Å². The third kappa shape index (κ3) is 4.41. The third-order valence-electron chi connectivity index (χ3n) is 7.49. The van der Waals surface area contributed by atoms with E-state index in [2.05, 4.69) is 15.6 Å². The Morgan fingerprint density at radius 1 is 1.00 bits per heavy atom. The van der Waals surface area contributed by atoms with E-state index < -0.39 is 6.09 Å². The van der Waals surface area contributed by atoms with Crippen molar-refractivity contribution in [2.24, 2.45) is 11.8 Å². The first-order chi connectivity index (χ1) is 15.7. The molecule has 4 fully saturated rings. The highest BCUT2D eigenvalue weighted by atomic mass is 16.6. The highest BCUT2D eigenvalue weighted by Crippen LogP contribution is 2.57. The van der Waals surface area contributed by atoms with Crippen LogP contribution in [0.25, 0.3) is 0 Å². The zero-order valence-corrected chi connectivity index (χ0v) is 19.6. The fraction of sp³-hybridized carbons (Fsp3) is 0.500. The second-order valence-corrected chi connectivity index (χ2v) is 10.6. The second kappa shape index (κ2) is 8.04. The van der Waals surface area contributed by atoms with E-state index in [1.165, 1.54) is 6.42 Å². The molecule has 7 nitrogen and oxygen atoms in total. The van der Waals surface area contributed by atoms with Gasteiger partial charge < -0.3 is 20.3 Å². The van der Waals surface area contributed by atoms with Crippen LogP contribution in [0.2, 0.25) is 0 Å². The molecule has 0 radical (unpaired) electrons. The minimum atomic E-state index is -0.463. The summed E-state index contributed by atoms with van der Waals surface area (Å²) in [6.07, 6.45) is 5.27. The van der Waals surface area contributed by atoms with Crippen LogP contribution in [0.5, 0.6) is 5.88 Å². The Labute approximate surface area is 194 Å². The van der Waals surface area contributed by atoms with Gasteiger partial charge in [-0.1, -0.05) is 12.1 Å². The molecule has 174 valence electrons. The van der Waals surface area contributed by atoms with Crippen LogP contribution in [0.4, 0.5) is 10.5 Å². The third-order valence-corrected chi connectivity index (χ3v) is 7.49. The summed E-state index contributed by atoms with van der Waals surface area (Å²) >= 11 is 0. The number of carbonyl (C=O) groups is 2. The summed E-state index contributed by atoms with van der Waals surface area (Å²) in [7, 11) is 3.94. The van der Waals surface area contributed by atoms with Crippen LogP contribution in [0.1, 0.15) is 54.6 Å². The maximum Gasteiger partial charge on any atom is 0.414 e. The molecule has 4 aliphatic carbocycles. The average molecular weight is 449 g/mol. The molecule has 4 aliphatic rings. The monoisotopic (exact) mass is 448 g/mol. The van der Waals surface area contributed by atoms with Crippen molar-refractivity contribution in [2.45, 2.75) is 56.5 Å². The standard InChI is InChI=1S/C26H32N4O3/c1-17-6-4-9-22(27-17)33-24(32)29-26-14-18-10-19(15-26)13-25(12-18,16-26)28-23(31)20-7-5-8-21(11-20)30(2)3/h4-9,11,18-19H,10,12-16H2,1-3H3,(H,28,31)(H,29,32). The maximum absolute atomic E-state index is 13.3. The molecule has 2 N–H and O–H groups in total. The predicted octanol–water partition coefficient (Wildman–Crippen LogP) is 4.07. The molecule has 2 amide bonds. The number of pyridine rings is 1. The van der Waals surface area contributed by atoms with Gasteiger partial charge in [-0.05, 0) is 81.5 Å². The van der Waals surface area contributed by atoms with E-state index >= 15 is 0 Å². The fourth-order valence-electron chi connectivity index (χ4n) is 6.71. The van der Waals surface area contributed by atoms with Crippen LogP contribution in [-0.4, -0.2) is 42.2 Å². The highest BCUT2D eigenvalue weighted by molar-refractivity contribution is 5.95. The van der Waals surface area contributed by atoms with E-state index in [4.69, 9.17) is 4.74 Å². The van der Waals surface area contributed by atoms with Crippen molar-refractivity contribution in [3.8, 4) is 5.88 Å². The van der Waals surface area contributed by atoms with Gasteiger partial charge in [0.15, 0.2) is 0 Å². The van der Waals surface area contributed by atoms with Gasteiger partial charge in [0.1, 0.15) is 0 Å². The number of anilines is 1. The Kier molecular flexibility index (Phi) is 5.30. The number of benzene rings is 1. The smallest absolute Gasteiger partial charge is 0.391 e. The van der Waals surface area contributed by atoms with Crippen LogP contribution in [-0.2, 0) is 0 Å². The quantitative estimate of drug-likeness (QED) is 0.721. The molecule has 2 aromatic rings. The van der Waals surface area contributed by atoms with E-state index in [9.17, 15) is 9.59 Å². The summed E-state index contributed by atoms with van der Waals surface area (Å²) in [6, 6.07) is 13.1. The van der Waals surface area contributed by atoms with Gasteiger partial charge in [-0.3, -0.25) is 4.79 Å². The molecule has 0 aliphatic heterocycles. The molecule has 33 heavy (non-hydrogen) atoms. The van der Waals surface area contributed by atoms with Crippen molar-refractivity contribution in [1.29, 1.82) is 0 Å². The minimum Gasteiger partial charge on any atom is -0.391 e. The Balaban J connectivity index is 1.32. The minimum absolute atomic E-state index is 0.0395. The number of nitrogens with one attached hydrogen (secondary N) is 2. The molecule has 6 rings (SSSR count). The van der Waals surface area contributed by atoms with E-state index in [0.29, 0.717) is 23.3 Å². The lowest BCUT2D eigenvalue weighted by atomic mass is 9.50. The molecule has 4 bridgehead atoms. The van der Waals surface area contributed by atoms with Crippen LogP contribution in [0, 0.1) is 18.8 Å². The topological polar surface area (TPSA) is 83.6 Å². The number of nitrogens with zero attached hydrogens (tertiary/aromatic N) is 2. The molecule has 7 heteroatoms. The Morgan fingerprint density at radius 3 is 2.33 bits per heavy atom. The lowest BCUT2D eigenvalue weighted by Crippen LogP contribution is -2.70. The van der Waals surface area contributed by atoms with Crippen molar-refractivity contribution in [2.75, 3.05) is 19.0 Å². The summed E-state index contributed by atoms with van der Waals surface area (Å²) in [5.74, 6) is 1.26. The van der Waals surface area contributed by atoms with Gasteiger partial charge in [0.05, 0.1) is 0 Å². The summed E-state index contributed by atoms with van der Waals surface area (Å²) in [5.41, 5.74) is 1.84. The summed E-state index contributed by atoms with van der Waals surface area (Å²) in [6.45, 7) is 1.87. The lowest BCUT2D eigenvalue weighted by Gasteiger charge is -2.62. The molecule has 0 saturated heterocycles. The Bertz CT molecular complexity index is 1070. The summed E-state index contributed by atoms with van der Waals surface area (Å²) < 4.78 is 5.50. The maximum atomic E-state index is 13.3. The van der Waals surface area contributed by atoms with Crippen LogP contribution < -0.4 is 20.3 Å². The number of carbonyl (C=O) groups excluding carboxylic acids is 2. The zero-order valence-electron chi connectivity index (χ0n) is 19.6. The van der Waals surface area contributed by atoms with E-state index in [1.54, 1.807) is 6.07 Å². The van der Waals surface area contributed by atoms with Crippen LogP contribution in [0.3, 0.4) is 0 Å². The Hall–Kier alpha value is -3.09. The van der Waals surface area contributed by atoms with Crippen LogP contribution in [0.15, 0.2) is 42.5 Å². The van der Waals surface area contributed by atoms with E-state index in [1.807, 2.05) is 62.3 Å². The van der Waals surface area contributed by atoms with Crippen molar-refractivity contribution < 1.29 is 14.3 Å². The van der Waals surface area contributed by atoms with Crippen molar-refractivity contribution >= 4 is 17.7 Å². The average Bonchev–Trinajstić information content (AvgIpc) is 2.72. The summed E-state index contributed by atoms with van der Waals surface area (Å²) in [5, 5.41) is 6.60. The first-order valence-electron chi connectivity index (χ1n) is 11.8. The number of aryl methyl sites for hydroxylation is 1. The second-order valence-electron chi connectivity index (χ2n) is 10.6. The molecule has 4 saturated carbocycles. The zero-order chi connectivity index (χ0) is 23.2.